The molecular formula is C21H21N5. The summed E-state index contributed by atoms with van der Waals surface area (Å²) in [7, 11) is 0. The molecule has 2 aromatic heterocycles. The third-order valence-corrected chi connectivity index (χ3v) is 4.53. The molecule has 4 aromatic rings. The summed E-state index contributed by atoms with van der Waals surface area (Å²) < 4.78 is 1.86. The number of imidazole rings is 1. The number of nitrogens with one attached hydrogen (secondary N) is 1. The van der Waals surface area contributed by atoms with Crippen molar-refractivity contribution in [3.8, 4) is 11.3 Å². The van der Waals surface area contributed by atoms with Gasteiger partial charge < -0.3 is 11.1 Å². The Morgan fingerprint density at radius 2 is 1.81 bits per heavy atom. The molecule has 3 N–H and O–H groups in total. The van der Waals surface area contributed by atoms with E-state index in [0.717, 1.165) is 35.0 Å². The van der Waals surface area contributed by atoms with Gasteiger partial charge in [0.2, 0.25) is 0 Å². The van der Waals surface area contributed by atoms with Crippen molar-refractivity contribution in [2.45, 2.75) is 20.4 Å². The largest absolute Gasteiger partial charge is 0.399 e. The van der Waals surface area contributed by atoms with E-state index in [4.69, 9.17) is 10.8 Å². The summed E-state index contributed by atoms with van der Waals surface area (Å²) in [6, 6.07) is 18.2. The van der Waals surface area contributed by atoms with Crippen LogP contribution in [0.25, 0.3) is 16.9 Å². The number of benzene rings is 2. The molecule has 0 unspecified atom stereocenters. The lowest BCUT2D eigenvalue weighted by molar-refractivity contribution is 0.929. The van der Waals surface area contributed by atoms with Crippen LogP contribution in [0.4, 0.5) is 11.5 Å². The van der Waals surface area contributed by atoms with E-state index in [2.05, 4.69) is 42.3 Å². The molecule has 0 radical (unpaired) electrons. The molecule has 26 heavy (non-hydrogen) atoms. The van der Waals surface area contributed by atoms with Crippen molar-refractivity contribution < 1.29 is 0 Å². The van der Waals surface area contributed by atoms with Gasteiger partial charge in [-0.2, -0.15) is 0 Å². The topological polar surface area (TPSA) is 68.2 Å². The van der Waals surface area contributed by atoms with Crippen LogP contribution in [0, 0.1) is 13.8 Å². The summed E-state index contributed by atoms with van der Waals surface area (Å²) in [4.78, 5) is 4.44. The Hall–Kier alpha value is -3.34. The number of nitrogens with two attached hydrogens (primary N) is 1. The maximum absolute atomic E-state index is 5.79. The van der Waals surface area contributed by atoms with Crippen LogP contribution in [0.5, 0.6) is 0 Å². The lowest BCUT2D eigenvalue weighted by Gasteiger charge is -2.10. The van der Waals surface area contributed by atoms with Crippen molar-refractivity contribution in [1.82, 2.24) is 14.6 Å². The van der Waals surface area contributed by atoms with Crippen molar-refractivity contribution in [2.24, 2.45) is 0 Å². The summed E-state index contributed by atoms with van der Waals surface area (Å²) in [6.45, 7) is 4.98. The van der Waals surface area contributed by atoms with Gasteiger partial charge in [-0.15, -0.1) is 5.10 Å². The summed E-state index contributed by atoms with van der Waals surface area (Å²) in [5, 5.41) is 8.12. The number of nitrogen functional groups attached to an aromatic ring is 1. The lowest BCUT2D eigenvalue weighted by atomic mass is 10.1. The molecule has 0 fully saturated rings. The van der Waals surface area contributed by atoms with Crippen LogP contribution >= 0.6 is 0 Å². The monoisotopic (exact) mass is 343 g/mol. The zero-order chi connectivity index (χ0) is 18.1. The van der Waals surface area contributed by atoms with Crippen LogP contribution < -0.4 is 11.1 Å². The lowest BCUT2D eigenvalue weighted by Crippen LogP contribution is -2.05. The molecule has 5 nitrogen and oxygen atoms in total. The number of hydrogen-bond donors (Lipinski definition) is 2. The summed E-state index contributed by atoms with van der Waals surface area (Å²) in [5.41, 5.74) is 13.1. The minimum atomic E-state index is 0.733. The highest BCUT2D eigenvalue weighted by Crippen LogP contribution is 2.22. The SMILES string of the molecule is Cc1ccc(CNc2ccc3ncc(-c4ccc(N)cc4)n3n2)c(C)c1. The molecule has 0 bridgehead atoms. The molecular weight excluding hydrogens is 322 g/mol. The molecule has 5 heteroatoms. The van der Waals surface area contributed by atoms with Gasteiger partial charge in [-0.3, -0.25) is 0 Å². The van der Waals surface area contributed by atoms with Crippen molar-refractivity contribution in [3.05, 3.63) is 77.5 Å². The number of nitrogens with zero attached hydrogens (tertiary/aromatic N) is 3. The quantitative estimate of drug-likeness (QED) is 0.545. The molecule has 0 amide bonds. The van der Waals surface area contributed by atoms with E-state index < -0.39 is 0 Å². The fraction of sp³-hybridized carbons (Fsp3) is 0.143. The molecule has 0 saturated heterocycles. The first kappa shape index (κ1) is 16.1. The number of aryl methyl sites for hydroxylation is 2. The van der Waals surface area contributed by atoms with Crippen molar-refractivity contribution in [1.29, 1.82) is 0 Å². The smallest absolute Gasteiger partial charge is 0.154 e. The first-order valence-corrected chi connectivity index (χ1v) is 8.61. The molecule has 0 spiro atoms. The third kappa shape index (κ3) is 3.11. The van der Waals surface area contributed by atoms with Crippen molar-refractivity contribution in [3.63, 3.8) is 0 Å². The number of hydrogen-bond acceptors (Lipinski definition) is 4. The Bertz CT molecular complexity index is 1060. The van der Waals surface area contributed by atoms with Crippen LogP contribution in [0.3, 0.4) is 0 Å². The molecule has 0 saturated carbocycles. The summed E-state index contributed by atoms with van der Waals surface area (Å²) in [5.74, 6) is 0.812. The van der Waals surface area contributed by atoms with Gasteiger partial charge in [0.25, 0.3) is 0 Å². The van der Waals surface area contributed by atoms with Gasteiger partial charge in [0.1, 0.15) is 5.82 Å². The first-order valence-electron chi connectivity index (χ1n) is 8.61. The maximum Gasteiger partial charge on any atom is 0.154 e. The van der Waals surface area contributed by atoms with Crippen LogP contribution in [0.15, 0.2) is 60.8 Å². The van der Waals surface area contributed by atoms with E-state index in [9.17, 15) is 0 Å². The third-order valence-electron chi connectivity index (χ3n) is 4.53. The Kier molecular flexibility index (Phi) is 4.05. The Morgan fingerprint density at radius 1 is 1.00 bits per heavy atom. The highest BCUT2D eigenvalue weighted by atomic mass is 15.3. The van der Waals surface area contributed by atoms with E-state index in [0.29, 0.717) is 0 Å². The molecule has 0 aliphatic carbocycles. The standard InChI is InChI=1S/C21H21N5/c1-14-3-4-17(15(2)11-14)12-23-20-9-10-21-24-13-19(26(21)25-20)16-5-7-18(22)8-6-16/h3-11,13H,12,22H2,1-2H3,(H,23,25). The fourth-order valence-electron chi connectivity index (χ4n) is 3.05. The maximum atomic E-state index is 5.79. The average Bonchev–Trinajstić information content (AvgIpc) is 3.05. The molecule has 0 atom stereocenters. The average molecular weight is 343 g/mol. The summed E-state index contributed by atoms with van der Waals surface area (Å²) in [6.07, 6.45) is 1.84. The van der Waals surface area contributed by atoms with E-state index in [1.807, 2.05) is 47.1 Å². The molecule has 0 aliphatic rings. The zero-order valence-corrected chi connectivity index (χ0v) is 14.9. The normalized spacial score (nSPS) is 11.0. The minimum Gasteiger partial charge on any atom is -0.399 e. The molecule has 2 heterocycles. The van der Waals surface area contributed by atoms with Gasteiger partial charge in [-0.25, -0.2) is 9.50 Å². The van der Waals surface area contributed by atoms with Gasteiger partial charge in [0.15, 0.2) is 5.65 Å². The molecule has 130 valence electrons. The molecule has 4 rings (SSSR count). The van der Waals surface area contributed by atoms with Gasteiger partial charge in [-0.1, -0.05) is 35.9 Å². The predicted molar refractivity (Wildman–Crippen MR) is 106 cm³/mol. The summed E-state index contributed by atoms with van der Waals surface area (Å²) >= 11 is 0. The zero-order valence-electron chi connectivity index (χ0n) is 14.9. The predicted octanol–water partition coefficient (Wildman–Crippen LogP) is 4.21. The minimum absolute atomic E-state index is 0.733. The van der Waals surface area contributed by atoms with Crippen molar-refractivity contribution in [2.75, 3.05) is 11.1 Å². The van der Waals surface area contributed by atoms with Gasteiger partial charge in [0, 0.05) is 17.8 Å². The number of fused-ring (bicyclic) bond motifs is 1. The van der Waals surface area contributed by atoms with E-state index in [-0.39, 0.29) is 0 Å². The second-order valence-electron chi connectivity index (χ2n) is 6.54. The number of rotatable bonds is 4. The Morgan fingerprint density at radius 3 is 2.58 bits per heavy atom. The van der Waals surface area contributed by atoms with Crippen LogP contribution in [0.1, 0.15) is 16.7 Å². The van der Waals surface area contributed by atoms with Gasteiger partial charge >= 0.3 is 0 Å². The Labute approximate surface area is 152 Å². The van der Waals surface area contributed by atoms with Crippen molar-refractivity contribution >= 4 is 17.2 Å². The van der Waals surface area contributed by atoms with Crippen LogP contribution in [-0.2, 0) is 6.54 Å². The molecule has 2 aromatic carbocycles. The van der Waals surface area contributed by atoms with E-state index in [1.165, 1.54) is 16.7 Å². The van der Waals surface area contributed by atoms with Gasteiger partial charge in [0.05, 0.1) is 11.9 Å². The highest BCUT2D eigenvalue weighted by molar-refractivity contribution is 5.65. The van der Waals surface area contributed by atoms with E-state index in [1.54, 1.807) is 0 Å². The van der Waals surface area contributed by atoms with Crippen LogP contribution in [0.2, 0.25) is 0 Å². The van der Waals surface area contributed by atoms with E-state index >= 15 is 0 Å². The highest BCUT2D eigenvalue weighted by Gasteiger charge is 2.08. The second kappa shape index (κ2) is 6.52. The fourth-order valence-corrected chi connectivity index (χ4v) is 3.05. The number of anilines is 2. The van der Waals surface area contributed by atoms with Crippen LogP contribution in [-0.4, -0.2) is 14.6 Å². The number of aromatic nitrogens is 3. The Balaban J connectivity index is 1.62. The molecule has 0 aliphatic heterocycles. The second-order valence-corrected chi connectivity index (χ2v) is 6.54. The first-order chi connectivity index (χ1) is 12.6. The van der Waals surface area contributed by atoms with Gasteiger partial charge in [-0.05, 0) is 49.2 Å².